The lowest BCUT2D eigenvalue weighted by atomic mass is 10.0. The molecule has 1 aliphatic carbocycles. The highest BCUT2D eigenvalue weighted by atomic mass is 16.5. The van der Waals surface area contributed by atoms with E-state index in [0.29, 0.717) is 10.9 Å². The van der Waals surface area contributed by atoms with Gasteiger partial charge in [-0.05, 0) is 37.8 Å². The molecule has 0 radical (unpaired) electrons. The van der Waals surface area contributed by atoms with E-state index in [4.69, 9.17) is 4.74 Å². The molecule has 0 saturated carbocycles. The van der Waals surface area contributed by atoms with Crippen LogP contribution in [0.2, 0.25) is 0 Å². The van der Waals surface area contributed by atoms with Crippen LogP contribution in [-0.4, -0.2) is 36.0 Å². The first-order chi connectivity index (χ1) is 12.0. The molecule has 0 bridgehead atoms. The summed E-state index contributed by atoms with van der Waals surface area (Å²) in [5, 5.41) is 5.09. The Morgan fingerprint density at radius 1 is 1.20 bits per heavy atom. The molecule has 3 rings (SSSR count). The highest BCUT2D eigenvalue weighted by Crippen LogP contribution is 2.30. The SMILES string of the molecule is CNC(=O)NC(=O)[C@@H](C)OC(=O)c1c2c(nc3ccccc13)CCC2. The van der Waals surface area contributed by atoms with Crippen LogP contribution < -0.4 is 10.6 Å². The average Bonchev–Trinajstić information content (AvgIpc) is 3.06. The number of nitrogens with zero attached hydrogens (tertiary/aromatic N) is 1. The molecule has 25 heavy (non-hydrogen) atoms. The van der Waals surface area contributed by atoms with Crippen LogP contribution in [0, 0.1) is 0 Å². The fourth-order valence-corrected chi connectivity index (χ4v) is 2.99. The average molecular weight is 341 g/mol. The van der Waals surface area contributed by atoms with Crippen molar-refractivity contribution in [3.05, 3.63) is 41.1 Å². The molecule has 1 aromatic heterocycles. The predicted molar refractivity (Wildman–Crippen MR) is 91.2 cm³/mol. The smallest absolute Gasteiger partial charge is 0.339 e. The van der Waals surface area contributed by atoms with E-state index in [2.05, 4.69) is 15.6 Å². The van der Waals surface area contributed by atoms with E-state index in [0.717, 1.165) is 36.0 Å². The Kier molecular flexibility index (Phi) is 4.65. The van der Waals surface area contributed by atoms with Crippen molar-refractivity contribution in [3.63, 3.8) is 0 Å². The second-order valence-corrected chi connectivity index (χ2v) is 5.90. The first-order valence-electron chi connectivity index (χ1n) is 8.15. The van der Waals surface area contributed by atoms with Crippen LogP contribution >= 0.6 is 0 Å². The number of aromatic nitrogens is 1. The molecule has 0 aliphatic heterocycles. The maximum Gasteiger partial charge on any atom is 0.339 e. The molecule has 1 heterocycles. The van der Waals surface area contributed by atoms with Gasteiger partial charge in [0.25, 0.3) is 5.91 Å². The molecule has 0 saturated heterocycles. The minimum absolute atomic E-state index is 0.470. The Balaban J connectivity index is 1.90. The number of benzene rings is 1. The summed E-state index contributed by atoms with van der Waals surface area (Å²) in [6.07, 6.45) is 1.43. The van der Waals surface area contributed by atoms with Gasteiger partial charge in [-0.2, -0.15) is 0 Å². The number of pyridine rings is 1. The molecule has 7 nitrogen and oxygen atoms in total. The van der Waals surface area contributed by atoms with E-state index >= 15 is 0 Å². The number of ether oxygens (including phenoxy) is 1. The third-order valence-corrected chi connectivity index (χ3v) is 4.24. The van der Waals surface area contributed by atoms with Crippen molar-refractivity contribution in [2.24, 2.45) is 0 Å². The van der Waals surface area contributed by atoms with Gasteiger partial charge in [-0.15, -0.1) is 0 Å². The van der Waals surface area contributed by atoms with Crippen molar-refractivity contribution in [1.82, 2.24) is 15.6 Å². The minimum Gasteiger partial charge on any atom is -0.449 e. The fourth-order valence-electron chi connectivity index (χ4n) is 2.99. The molecule has 0 spiro atoms. The van der Waals surface area contributed by atoms with Crippen molar-refractivity contribution in [2.45, 2.75) is 32.3 Å². The quantitative estimate of drug-likeness (QED) is 0.829. The summed E-state index contributed by atoms with van der Waals surface area (Å²) < 4.78 is 5.32. The number of hydrogen-bond acceptors (Lipinski definition) is 5. The lowest BCUT2D eigenvalue weighted by Crippen LogP contribution is -2.43. The number of imide groups is 1. The maximum absolute atomic E-state index is 12.8. The number of urea groups is 1. The van der Waals surface area contributed by atoms with Crippen LogP contribution in [0.5, 0.6) is 0 Å². The Bertz CT molecular complexity index is 863. The summed E-state index contributed by atoms with van der Waals surface area (Å²) in [5.41, 5.74) is 3.01. The third-order valence-electron chi connectivity index (χ3n) is 4.24. The number of hydrogen-bond donors (Lipinski definition) is 2. The van der Waals surface area contributed by atoms with Crippen LogP contribution in [0.1, 0.15) is 35.0 Å². The van der Waals surface area contributed by atoms with Gasteiger partial charge in [0.05, 0.1) is 11.1 Å². The van der Waals surface area contributed by atoms with E-state index in [1.165, 1.54) is 14.0 Å². The standard InChI is InChI=1S/C18H19N3O4/c1-10(16(22)21-18(24)19-2)25-17(23)15-11-6-3-4-8-13(11)20-14-9-5-7-12(14)15/h3-4,6,8,10H,5,7,9H2,1-2H3,(H2,19,21,22,24)/t10-/m1/s1. The summed E-state index contributed by atoms with van der Waals surface area (Å²) in [6, 6.07) is 6.73. The number of para-hydroxylation sites is 1. The molecule has 1 aliphatic rings. The van der Waals surface area contributed by atoms with Gasteiger partial charge >= 0.3 is 12.0 Å². The van der Waals surface area contributed by atoms with Crippen LogP contribution in [-0.2, 0) is 22.4 Å². The zero-order chi connectivity index (χ0) is 18.0. The van der Waals surface area contributed by atoms with Gasteiger partial charge in [0, 0.05) is 18.1 Å². The number of amides is 3. The van der Waals surface area contributed by atoms with Crippen molar-refractivity contribution in [3.8, 4) is 0 Å². The molecule has 7 heteroatoms. The molecule has 0 unspecified atom stereocenters. The molecule has 130 valence electrons. The fraction of sp³-hybridized carbons (Fsp3) is 0.333. The van der Waals surface area contributed by atoms with Crippen molar-refractivity contribution < 1.29 is 19.1 Å². The van der Waals surface area contributed by atoms with Crippen LogP contribution in [0.25, 0.3) is 10.9 Å². The lowest BCUT2D eigenvalue weighted by Gasteiger charge is -2.16. The largest absolute Gasteiger partial charge is 0.449 e. The van der Waals surface area contributed by atoms with Crippen LogP contribution in [0.4, 0.5) is 4.79 Å². The predicted octanol–water partition coefficient (Wildman–Crippen LogP) is 1.72. The van der Waals surface area contributed by atoms with Gasteiger partial charge in [0.15, 0.2) is 6.10 Å². The summed E-state index contributed by atoms with van der Waals surface area (Å²) in [4.78, 5) is 40.5. The minimum atomic E-state index is -1.09. The normalized spacial score (nSPS) is 13.8. The summed E-state index contributed by atoms with van der Waals surface area (Å²) in [6.45, 7) is 1.43. The summed E-state index contributed by atoms with van der Waals surface area (Å²) in [7, 11) is 1.39. The first kappa shape index (κ1) is 16.9. The number of fused-ring (bicyclic) bond motifs is 2. The number of esters is 1. The second kappa shape index (κ2) is 6.88. The Morgan fingerprint density at radius 3 is 2.72 bits per heavy atom. The van der Waals surface area contributed by atoms with E-state index in [9.17, 15) is 14.4 Å². The van der Waals surface area contributed by atoms with Crippen molar-refractivity contribution in [2.75, 3.05) is 7.05 Å². The second-order valence-electron chi connectivity index (χ2n) is 5.90. The number of carbonyl (C=O) groups is 3. The Labute approximate surface area is 144 Å². The number of carbonyl (C=O) groups excluding carboxylic acids is 3. The van der Waals surface area contributed by atoms with Crippen LogP contribution in [0.3, 0.4) is 0 Å². The van der Waals surface area contributed by atoms with Gasteiger partial charge in [0.2, 0.25) is 0 Å². The van der Waals surface area contributed by atoms with Gasteiger partial charge in [-0.25, -0.2) is 9.59 Å². The molecule has 2 N–H and O–H groups in total. The summed E-state index contributed by atoms with van der Waals surface area (Å²) in [5.74, 6) is -1.25. The number of rotatable bonds is 3. The number of aryl methyl sites for hydroxylation is 1. The molecule has 3 amide bonds. The zero-order valence-corrected chi connectivity index (χ0v) is 14.1. The van der Waals surface area contributed by atoms with Gasteiger partial charge in [-0.1, -0.05) is 18.2 Å². The van der Waals surface area contributed by atoms with Gasteiger partial charge in [0.1, 0.15) is 0 Å². The molecular weight excluding hydrogens is 322 g/mol. The Morgan fingerprint density at radius 2 is 1.96 bits per heavy atom. The molecule has 2 aromatic rings. The highest BCUT2D eigenvalue weighted by molar-refractivity contribution is 6.06. The zero-order valence-electron chi connectivity index (χ0n) is 14.1. The highest BCUT2D eigenvalue weighted by Gasteiger charge is 2.27. The first-order valence-corrected chi connectivity index (χ1v) is 8.15. The van der Waals surface area contributed by atoms with Gasteiger partial charge < -0.3 is 10.1 Å². The molecule has 1 atom stereocenters. The van der Waals surface area contributed by atoms with E-state index in [1.807, 2.05) is 24.3 Å². The van der Waals surface area contributed by atoms with Crippen molar-refractivity contribution >= 4 is 28.8 Å². The van der Waals surface area contributed by atoms with Crippen molar-refractivity contribution in [1.29, 1.82) is 0 Å². The van der Waals surface area contributed by atoms with Gasteiger partial charge in [-0.3, -0.25) is 15.1 Å². The van der Waals surface area contributed by atoms with E-state index in [-0.39, 0.29) is 0 Å². The topological polar surface area (TPSA) is 97.4 Å². The molecule has 1 aromatic carbocycles. The monoisotopic (exact) mass is 341 g/mol. The van der Waals surface area contributed by atoms with E-state index in [1.54, 1.807) is 0 Å². The summed E-state index contributed by atoms with van der Waals surface area (Å²) >= 11 is 0. The lowest BCUT2D eigenvalue weighted by molar-refractivity contribution is -0.127. The number of nitrogens with one attached hydrogen (secondary N) is 2. The Hall–Kier alpha value is -2.96. The molecular formula is C18H19N3O4. The molecule has 0 fully saturated rings. The maximum atomic E-state index is 12.8. The van der Waals surface area contributed by atoms with Crippen LogP contribution in [0.15, 0.2) is 24.3 Å². The third kappa shape index (κ3) is 3.31. The van der Waals surface area contributed by atoms with E-state index < -0.39 is 24.0 Å².